The van der Waals surface area contributed by atoms with Gasteiger partial charge in [-0.3, -0.25) is 0 Å². The van der Waals surface area contributed by atoms with Gasteiger partial charge in [-0.25, -0.2) is 8.42 Å². The average molecular weight is 259 g/mol. The van der Waals surface area contributed by atoms with Crippen molar-refractivity contribution in [3.05, 3.63) is 12.1 Å². The normalized spacial score (nSPS) is 11.2. The Bertz CT molecular complexity index is 496. The maximum atomic E-state index is 11.9. The van der Waals surface area contributed by atoms with E-state index in [1.807, 2.05) is 0 Å². The van der Waals surface area contributed by atoms with Gasteiger partial charge in [-0.05, 0) is 6.42 Å². The lowest BCUT2D eigenvalue weighted by molar-refractivity contribution is 0.354. The fraction of sp³-hybridized carbons (Fsp3) is 0.455. The molecule has 5 nitrogen and oxygen atoms in total. The molecule has 0 aliphatic carbocycles. The van der Waals surface area contributed by atoms with Gasteiger partial charge in [-0.1, -0.05) is 6.92 Å². The summed E-state index contributed by atoms with van der Waals surface area (Å²) in [5.74, 6) is 0.837. The average Bonchev–Trinajstić information content (AvgIpc) is 2.28. The second-order valence-corrected chi connectivity index (χ2v) is 5.64. The molecule has 0 spiro atoms. The Balaban J connectivity index is 3.36. The van der Waals surface area contributed by atoms with Gasteiger partial charge in [0.2, 0.25) is 0 Å². The standard InChI is InChI=1S/C11H17NO4S/c1-4-5-17(13,14)11-7-10(16-3)9(15-2)6-8(11)12/h6-7H,4-5,12H2,1-3H3. The van der Waals surface area contributed by atoms with E-state index >= 15 is 0 Å². The second kappa shape index (κ2) is 5.27. The van der Waals surface area contributed by atoms with Gasteiger partial charge in [-0.15, -0.1) is 0 Å². The van der Waals surface area contributed by atoms with E-state index in [1.165, 1.54) is 26.4 Å². The van der Waals surface area contributed by atoms with Gasteiger partial charge in [0, 0.05) is 12.1 Å². The number of hydrogen-bond acceptors (Lipinski definition) is 5. The third-order valence-electron chi connectivity index (χ3n) is 2.32. The van der Waals surface area contributed by atoms with Gasteiger partial charge in [0.1, 0.15) is 0 Å². The van der Waals surface area contributed by atoms with Crippen molar-refractivity contribution in [2.24, 2.45) is 0 Å². The highest BCUT2D eigenvalue weighted by Gasteiger charge is 2.20. The van der Waals surface area contributed by atoms with Crippen LogP contribution in [-0.2, 0) is 9.84 Å². The first-order valence-corrected chi connectivity index (χ1v) is 6.85. The zero-order valence-electron chi connectivity index (χ0n) is 10.2. The minimum Gasteiger partial charge on any atom is -0.493 e. The number of hydrogen-bond donors (Lipinski definition) is 1. The van der Waals surface area contributed by atoms with E-state index in [-0.39, 0.29) is 16.3 Å². The molecule has 0 fully saturated rings. The van der Waals surface area contributed by atoms with Crippen molar-refractivity contribution in [3.63, 3.8) is 0 Å². The molecule has 0 aliphatic rings. The van der Waals surface area contributed by atoms with Crippen LogP contribution in [0.5, 0.6) is 11.5 Å². The van der Waals surface area contributed by atoms with Crippen LogP contribution in [0, 0.1) is 0 Å². The summed E-state index contributed by atoms with van der Waals surface area (Å²) in [5.41, 5.74) is 5.90. The SMILES string of the molecule is CCCS(=O)(=O)c1cc(OC)c(OC)cc1N. The number of sulfone groups is 1. The molecule has 0 saturated heterocycles. The van der Waals surface area contributed by atoms with Crippen LogP contribution in [0.2, 0.25) is 0 Å². The number of anilines is 1. The minimum absolute atomic E-state index is 0.0622. The third-order valence-corrected chi connectivity index (χ3v) is 4.29. The molecular weight excluding hydrogens is 242 g/mol. The lowest BCUT2D eigenvalue weighted by Crippen LogP contribution is -2.09. The Morgan fingerprint density at radius 2 is 1.71 bits per heavy atom. The predicted octanol–water partition coefficient (Wildman–Crippen LogP) is 1.47. The quantitative estimate of drug-likeness (QED) is 0.810. The molecular formula is C11H17NO4S. The van der Waals surface area contributed by atoms with Crippen molar-refractivity contribution in [2.45, 2.75) is 18.2 Å². The van der Waals surface area contributed by atoms with E-state index in [2.05, 4.69) is 0 Å². The molecule has 2 N–H and O–H groups in total. The molecule has 96 valence electrons. The van der Waals surface area contributed by atoms with E-state index < -0.39 is 9.84 Å². The highest BCUT2D eigenvalue weighted by molar-refractivity contribution is 7.91. The lowest BCUT2D eigenvalue weighted by atomic mass is 10.3. The number of methoxy groups -OCH3 is 2. The van der Waals surface area contributed by atoms with Crippen LogP contribution in [0.1, 0.15) is 13.3 Å². The first kappa shape index (κ1) is 13.6. The van der Waals surface area contributed by atoms with Crippen molar-refractivity contribution in [1.29, 1.82) is 0 Å². The Morgan fingerprint density at radius 3 is 2.18 bits per heavy atom. The van der Waals surface area contributed by atoms with E-state index in [9.17, 15) is 8.42 Å². The molecule has 1 aromatic carbocycles. The molecule has 0 aliphatic heterocycles. The van der Waals surface area contributed by atoms with Crippen LogP contribution in [0.4, 0.5) is 5.69 Å². The maximum absolute atomic E-state index is 11.9. The van der Waals surface area contributed by atoms with Crippen molar-refractivity contribution in [3.8, 4) is 11.5 Å². The molecule has 0 aromatic heterocycles. The molecule has 0 heterocycles. The Morgan fingerprint density at radius 1 is 1.18 bits per heavy atom. The maximum Gasteiger partial charge on any atom is 0.180 e. The summed E-state index contributed by atoms with van der Waals surface area (Å²) in [6, 6.07) is 2.86. The van der Waals surface area contributed by atoms with Gasteiger partial charge >= 0.3 is 0 Å². The van der Waals surface area contributed by atoms with Crippen LogP contribution in [0.3, 0.4) is 0 Å². The fourth-order valence-corrected chi connectivity index (χ4v) is 2.99. The molecule has 17 heavy (non-hydrogen) atoms. The summed E-state index contributed by atoms with van der Waals surface area (Å²) in [7, 11) is -0.441. The van der Waals surface area contributed by atoms with Gasteiger partial charge in [-0.2, -0.15) is 0 Å². The van der Waals surface area contributed by atoms with Crippen molar-refractivity contribution in [2.75, 3.05) is 25.7 Å². The first-order chi connectivity index (χ1) is 7.96. The second-order valence-electron chi connectivity index (χ2n) is 3.56. The van der Waals surface area contributed by atoms with Crippen molar-refractivity contribution < 1.29 is 17.9 Å². The molecule has 1 aromatic rings. The van der Waals surface area contributed by atoms with Crippen molar-refractivity contribution >= 4 is 15.5 Å². The summed E-state index contributed by atoms with van der Waals surface area (Å²) >= 11 is 0. The highest BCUT2D eigenvalue weighted by atomic mass is 32.2. The van der Waals surface area contributed by atoms with E-state index in [1.54, 1.807) is 6.92 Å². The molecule has 0 radical (unpaired) electrons. The topological polar surface area (TPSA) is 78.6 Å². The zero-order chi connectivity index (χ0) is 13.1. The monoisotopic (exact) mass is 259 g/mol. The molecule has 0 atom stereocenters. The molecule has 0 saturated carbocycles. The van der Waals surface area contributed by atoms with Gasteiger partial charge in [0.25, 0.3) is 0 Å². The van der Waals surface area contributed by atoms with E-state index in [0.29, 0.717) is 17.9 Å². The number of benzene rings is 1. The fourth-order valence-electron chi connectivity index (χ4n) is 1.52. The Labute approximate surface area is 101 Å². The summed E-state index contributed by atoms with van der Waals surface area (Å²) in [4.78, 5) is 0.0944. The zero-order valence-corrected chi connectivity index (χ0v) is 11.0. The Hall–Kier alpha value is -1.43. The largest absolute Gasteiger partial charge is 0.493 e. The van der Waals surface area contributed by atoms with E-state index in [4.69, 9.17) is 15.2 Å². The Kier molecular flexibility index (Phi) is 4.22. The van der Waals surface area contributed by atoms with Crippen LogP contribution >= 0.6 is 0 Å². The van der Waals surface area contributed by atoms with Crippen LogP contribution in [-0.4, -0.2) is 28.4 Å². The summed E-state index contributed by atoms with van der Waals surface area (Å²) in [6.07, 6.45) is 0.538. The highest BCUT2D eigenvalue weighted by Crippen LogP contribution is 2.34. The number of rotatable bonds is 5. The van der Waals surface area contributed by atoms with E-state index in [0.717, 1.165) is 0 Å². The van der Waals surface area contributed by atoms with Crippen LogP contribution < -0.4 is 15.2 Å². The van der Waals surface area contributed by atoms with Gasteiger partial charge < -0.3 is 15.2 Å². The number of nitrogen functional groups attached to an aromatic ring is 1. The first-order valence-electron chi connectivity index (χ1n) is 5.20. The molecule has 1 rings (SSSR count). The van der Waals surface area contributed by atoms with Gasteiger partial charge in [0.05, 0.1) is 30.6 Å². The number of nitrogens with two attached hydrogens (primary N) is 1. The molecule has 6 heteroatoms. The summed E-state index contributed by atoms with van der Waals surface area (Å²) in [5, 5.41) is 0. The molecule has 0 amide bonds. The molecule has 0 unspecified atom stereocenters. The van der Waals surface area contributed by atoms with Crippen LogP contribution in [0.25, 0.3) is 0 Å². The summed E-state index contributed by atoms with van der Waals surface area (Å²) < 4.78 is 34.0. The van der Waals surface area contributed by atoms with Crippen LogP contribution in [0.15, 0.2) is 17.0 Å². The smallest absolute Gasteiger partial charge is 0.180 e. The molecule has 0 bridgehead atoms. The lowest BCUT2D eigenvalue weighted by Gasteiger charge is -2.12. The third kappa shape index (κ3) is 2.82. The number of ether oxygens (including phenoxy) is 2. The minimum atomic E-state index is -3.36. The van der Waals surface area contributed by atoms with Gasteiger partial charge in [0.15, 0.2) is 21.3 Å². The van der Waals surface area contributed by atoms with Crippen molar-refractivity contribution in [1.82, 2.24) is 0 Å². The predicted molar refractivity (Wildman–Crippen MR) is 66.3 cm³/mol. The summed E-state index contributed by atoms with van der Waals surface area (Å²) in [6.45, 7) is 1.80.